The van der Waals surface area contributed by atoms with Gasteiger partial charge in [0.2, 0.25) is 5.91 Å². The zero-order valence-electron chi connectivity index (χ0n) is 21.7. The first-order chi connectivity index (χ1) is 20.3. The minimum atomic E-state index is -5.08. The number of alkyl halides is 5. The summed E-state index contributed by atoms with van der Waals surface area (Å²) in [5, 5.41) is 27.8. The molecule has 3 rings (SSSR count). The predicted molar refractivity (Wildman–Crippen MR) is 144 cm³/mol. The molecule has 2 heterocycles. The maximum absolute atomic E-state index is 13.1. The SMILES string of the molecule is CO[C@@]1(NC(=O)C(N)c2ccc(O)cc2)C(=O)N2C(C(=O)O)=C(COC(=O)N(Cl)C(=O)C(Cl)Cl)CS[C@H]21.O=C(O)C(F)(F)F. The van der Waals surface area contributed by atoms with E-state index in [1.165, 1.54) is 24.3 Å². The summed E-state index contributed by atoms with van der Waals surface area (Å²) in [6.45, 7) is -0.631. The Morgan fingerprint density at radius 3 is 2.20 bits per heavy atom. The fourth-order valence-electron chi connectivity index (χ4n) is 3.53. The van der Waals surface area contributed by atoms with Gasteiger partial charge in [-0.15, -0.1) is 11.8 Å². The Kier molecular flexibility index (Phi) is 12.1. The van der Waals surface area contributed by atoms with Crippen LogP contribution in [0.4, 0.5) is 18.0 Å². The van der Waals surface area contributed by atoms with E-state index in [1.807, 2.05) is 0 Å². The molecule has 1 saturated heterocycles. The first-order valence-electron chi connectivity index (χ1n) is 11.4. The number of carbonyl (C=O) groups is 6. The maximum Gasteiger partial charge on any atom is 0.490 e. The number of amides is 4. The molecular weight excluding hydrogens is 692 g/mol. The van der Waals surface area contributed by atoms with Crippen molar-refractivity contribution in [1.29, 1.82) is 0 Å². The number of aliphatic carboxylic acids is 2. The Morgan fingerprint density at radius 2 is 1.75 bits per heavy atom. The van der Waals surface area contributed by atoms with Crippen LogP contribution in [0.15, 0.2) is 35.5 Å². The zero-order valence-corrected chi connectivity index (χ0v) is 24.8. The lowest BCUT2D eigenvalue weighted by atomic mass is 9.97. The highest BCUT2D eigenvalue weighted by Crippen LogP contribution is 2.46. The number of hydrogen-bond acceptors (Lipinski definition) is 11. The van der Waals surface area contributed by atoms with E-state index in [0.29, 0.717) is 5.56 Å². The lowest BCUT2D eigenvalue weighted by Gasteiger charge is -2.55. The topological polar surface area (TPSA) is 226 Å². The van der Waals surface area contributed by atoms with Gasteiger partial charge in [-0.05, 0) is 17.7 Å². The fourth-order valence-corrected chi connectivity index (χ4v) is 5.39. The normalized spacial score (nSPS) is 20.0. The molecule has 0 bridgehead atoms. The van der Waals surface area contributed by atoms with E-state index < -0.39 is 76.2 Å². The predicted octanol–water partition coefficient (Wildman–Crippen LogP) is 1.66. The molecule has 242 valence electrons. The highest BCUT2D eigenvalue weighted by Gasteiger charge is 2.67. The summed E-state index contributed by atoms with van der Waals surface area (Å²) in [6.07, 6.45) is -6.45. The van der Waals surface area contributed by atoms with Crippen molar-refractivity contribution in [3.63, 3.8) is 0 Å². The van der Waals surface area contributed by atoms with Crippen LogP contribution in [0.5, 0.6) is 5.75 Å². The molecule has 0 aromatic heterocycles. The van der Waals surface area contributed by atoms with Crippen molar-refractivity contribution in [2.75, 3.05) is 19.5 Å². The van der Waals surface area contributed by atoms with Crippen LogP contribution in [0.1, 0.15) is 11.6 Å². The number of hydrogen-bond donors (Lipinski definition) is 5. The molecule has 1 aromatic carbocycles. The summed E-state index contributed by atoms with van der Waals surface area (Å²) in [4.78, 5) is 69.7. The summed E-state index contributed by atoms with van der Waals surface area (Å²) in [7, 11) is 1.16. The smallest absolute Gasteiger partial charge is 0.490 e. The van der Waals surface area contributed by atoms with Gasteiger partial charge in [-0.2, -0.15) is 17.6 Å². The number of rotatable bonds is 8. The number of benzene rings is 1. The number of methoxy groups -OCH3 is 1. The number of nitrogens with two attached hydrogens (primary N) is 1. The van der Waals surface area contributed by atoms with E-state index in [4.69, 9.17) is 60.1 Å². The van der Waals surface area contributed by atoms with Gasteiger partial charge in [-0.3, -0.25) is 19.3 Å². The Morgan fingerprint density at radius 1 is 1.20 bits per heavy atom. The van der Waals surface area contributed by atoms with Crippen molar-refractivity contribution in [2.45, 2.75) is 28.2 Å². The number of carbonyl (C=O) groups excluding carboxylic acids is 4. The second-order valence-corrected chi connectivity index (χ2v) is 10.9. The number of phenols is 1. The largest absolute Gasteiger partial charge is 0.508 e. The number of carboxylic acid groups (broad SMARTS) is 2. The Balaban J connectivity index is 0.000000860. The Bertz CT molecular complexity index is 1370. The van der Waals surface area contributed by atoms with Gasteiger partial charge >= 0.3 is 24.2 Å². The van der Waals surface area contributed by atoms with E-state index in [0.717, 1.165) is 23.8 Å². The van der Waals surface area contributed by atoms with Crippen LogP contribution in [-0.4, -0.2) is 102 Å². The van der Waals surface area contributed by atoms with Crippen LogP contribution in [0.2, 0.25) is 0 Å². The molecule has 22 heteroatoms. The monoisotopic (exact) mass is 710 g/mol. The molecule has 0 saturated carbocycles. The van der Waals surface area contributed by atoms with Gasteiger partial charge in [0.25, 0.3) is 17.5 Å². The van der Waals surface area contributed by atoms with Crippen molar-refractivity contribution in [1.82, 2.24) is 14.6 Å². The molecule has 0 aliphatic carbocycles. The van der Waals surface area contributed by atoms with E-state index in [1.54, 1.807) is 0 Å². The average Bonchev–Trinajstić information content (AvgIpc) is 2.96. The summed E-state index contributed by atoms with van der Waals surface area (Å²) in [5.74, 6) is -7.22. The molecule has 1 unspecified atom stereocenters. The van der Waals surface area contributed by atoms with Crippen LogP contribution in [0, 0.1) is 0 Å². The minimum absolute atomic E-state index is 0.00202. The molecule has 1 aromatic rings. The van der Waals surface area contributed by atoms with E-state index in [2.05, 4.69) is 5.32 Å². The molecule has 4 amide bonds. The summed E-state index contributed by atoms with van der Waals surface area (Å²) in [6, 6.07) is 4.30. The zero-order chi connectivity index (χ0) is 33.7. The van der Waals surface area contributed by atoms with Gasteiger partial charge in [0.1, 0.15) is 29.5 Å². The van der Waals surface area contributed by atoms with Crippen LogP contribution >= 0.6 is 46.7 Å². The number of nitrogens with one attached hydrogen (secondary N) is 1. The van der Waals surface area contributed by atoms with Crippen molar-refractivity contribution >= 4 is 82.5 Å². The second-order valence-electron chi connectivity index (χ2n) is 8.37. The van der Waals surface area contributed by atoms with Crippen LogP contribution in [0.3, 0.4) is 0 Å². The highest BCUT2D eigenvalue weighted by atomic mass is 35.5. The number of phenolic OH excluding ortho intramolecular Hbond substituents is 1. The molecule has 3 atom stereocenters. The van der Waals surface area contributed by atoms with E-state index in [-0.39, 0.29) is 21.5 Å². The van der Waals surface area contributed by atoms with Gasteiger partial charge in [0.15, 0.2) is 4.84 Å². The molecule has 0 spiro atoms. The highest BCUT2D eigenvalue weighted by molar-refractivity contribution is 8.00. The van der Waals surface area contributed by atoms with Gasteiger partial charge in [0.05, 0.1) is 0 Å². The number of nitrogens with zero attached hydrogens (tertiary/aromatic N) is 2. The molecule has 44 heavy (non-hydrogen) atoms. The molecule has 1 fully saturated rings. The number of thioether (sulfide) groups is 1. The van der Waals surface area contributed by atoms with Gasteiger partial charge in [-0.25, -0.2) is 14.4 Å². The van der Waals surface area contributed by atoms with Crippen LogP contribution in [-0.2, 0) is 33.4 Å². The summed E-state index contributed by atoms with van der Waals surface area (Å²) >= 11 is 17.3. The number of aromatic hydroxyl groups is 1. The van der Waals surface area contributed by atoms with Crippen molar-refractivity contribution in [3.05, 3.63) is 41.1 Å². The van der Waals surface area contributed by atoms with Gasteiger partial charge in [-0.1, -0.05) is 35.3 Å². The van der Waals surface area contributed by atoms with E-state index >= 15 is 0 Å². The number of fused-ring (bicyclic) bond motifs is 1. The molecule has 2 aliphatic rings. The van der Waals surface area contributed by atoms with Crippen LogP contribution in [0.25, 0.3) is 0 Å². The number of ether oxygens (including phenoxy) is 2. The molecular formula is C22H20Cl3F3N4O11S. The number of β-lactam (4-membered cyclic amide) rings is 1. The quantitative estimate of drug-likeness (QED) is 0.112. The summed E-state index contributed by atoms with van der Waals surface area (Å²) < 4.78 is 42.0. The first-order valence-corrected chi connectivity index (χ1v) is 13.6. The van der Waals surface area contributed by atoms with Crippen molar-refractivity contribution in [2.24, 2.45) is 5.73 Å². The van der Waals surface area contributed by atoms with Crippen molar-refractivity contribution < 1.29 is 66.7 Å². The third-order valence-corrected chi connectivity index (χ3v) is 7.68. The lowest BCUT2D eigenvalue weighted by molar-refractivity contribution is -0.192. The number of halogens is 6. The summed E-state index contributed by atoms with van der Waals surface area (Å²) in [5.41, 5.74) is 3.93. The second kappa shape index (κ2) is 14.5. The third-order valence-electron chi connectivity index (χ3n) is 5.63. The standard InChI is InChI=1S/C20H19Cl3N4O9S.C2HF3O2/c1-35-20(25-14(29)11(24)8-2-4-10(28)5-3-8)17(33)26-12(16(31)32)9(7-37-18(20)26)6-36-19(34)27(23)15(30)13(21)22;3-2(4,5)1(6)7/h2-5,11,13,18,28H,6-7,24H2,1H3,(H,25,29)(H,31,32);(H,6,7)/t11?,18-,20-;/m0./s1. The lowest BCUT2D eigenvalue weighted by Crippen LogP contribution is -2.81. The third kappa shape index (κ3) is 7.96. The van der Waals surface area contributed by atoms with Gasteiger partial charge in [0, 0.05) is 30.2 Å². The first kappa shape index (κ1) is 36.7. The molecule has 6 N–H and O–H groups in total. The average molecular weight is 712 g/mol. The maximum atomic E-state index is 13.1. The molecule has 2 aliphatic heterocycles. The number of imide groups is 1. The fraction of sp³-hybridized carbons (Fsp3) is 0.364. The number of carboxylic acids is 2. The molecule has 15 nitrogen and oxygen atoms in total. The van der Waals surface area contributed by atoms with Crippen LogP contribution < -0.4 is 11.1 Å². The minimum Gasteiger partial charge on any atom is -0.508 e. The van der Waals surface area contributed by atoms with Crippen molar-refractivity contribution in [3.8, 4) is 5.75 Å². The Hall–Kier alpha value is -3.49. The van der Waals surface area contributed by atoms with E-state index in [9.17, 15) is 47.4 Å². The molecule has 0 radical (unpaired) electrons. The Labute approximate surface area is 263 Å². The van der Waals surface area contributed by atoms with Gasteiger partial charge < -0.3 is 35.8 Å².